The summed E-state index contributed by atoms with van der Waals surface area (Å²) < 4.78 is 6.87. The van der Waals surface area contributed by atoms with E-state index in [4.69, 9.17) is 4.74 Å². The van der Waals surface area contributed by atoms with E-state index in [1.54, 1.807) is 24.4 Å². The van der Waals surface area contributed by atoms with Crippen molar-refractivity contribution in [1.29, 1.82) is 0 Å². The Morgan fingerprint density at radius 3 is 2.34 bits per heavy atom. The van der Waals surface area contributed by atoms with Gasteiger partial charge in [-0.05, 0) is 50.6 Å². The van der Waals surface area contributed by atoms with Crippen LogP contribution in [0.4, 0.5) is 0 Å². The van der Waals surface area contributed by atoms with Crippen molar-refractivity contribution in [3.63, 3.8) is 0 Å². The average Bonchev–Trinajstić information content (AvgIpc) is 3.00. The second-order valence-corrected chi connectivity index (χ2v) is 6.68. The molecule has 6 nitrogen and oxygen atoms in total. The molecule has 2 aromatic carbocycles. The summed E-state index contributed by atoms with van der Waals surface area (Å²) in [5.41, 5.74) is 7.93. The molecular formula is C23H23N3O3. The van der Waals surface area contributed by atoms with E-state index < -0.39 is 5.97 Å². The summed E-state index contributed by atoms with van der Waals surface area (Å²) in [6.07, 6.45) is 1.61. The Bertz CT molecular complexity index is 1100. The summed E-state index contributed by atoms with van der Waals surface area (Å²) in [5, 5.41) is 4.11. The number of benzene rings is 2. The molecule has 0 atom stereocenters. The number of aromatic nitrogens is 1. The highest BCUT2D eigenvalue weighted by molar-refractivity contribution is 5.96. The first kappa shape index (κ1) is 20.1. The normalized spacial score (nSPS) is 10.9. The molecule has 0 fully saturated rings. The van der Waals surface area contributed by atoms with Gasteiger partial charge in [0.25, 0.3) is 5.91 Å². The number of esters is 1. The zero-order chi connectivity index (χ0) is 21.0. The fraction of sp³-hybridized carbons (Fsp3) is 0.174. The van der Waals surface area contributed by atoms with Gasteiger partial charge in [0, 0.05) is 22.5 Å². The highest BCUT2D eigenvalue weighted by Crippen LogP contribution is 2.23. The van der Waals surface area contributed by atoms with E-state index in [1.165, 1.54) is 7.11 Å². The van der Waals surface area contributed by atoms with Gasteiger partial charge >= 0.3 is 5.97 Å². The van der Waals surface area contributed by atoms with E-state index in [9.17, 15) is 9.59 Å². The summed E-state index contributed by atoms with van der Waals surface area (Å²) in [6.45, 7) is 5.76. The predicted octanol–water partition coefficient (Wildman–Crippen LogP) is 3.95. The number of methoxy groups -OCH3 is 1. The Kier molecular flexibility index (Phi) is 5.93. The summed E-state index contributed by atoms with van der Waals surface area (Å²) in [7, 11) is 1.36. The molecule has 0 bridgehead atoms. The first-order valence-electron chi connectivity index (χ1n) is 9.19. The van der Waals surface area contributed by atoms with Crippen LogP contribution in [-0.4, -0.2) is 29.8 Å². The number of carbonyl (C=O) groups excluding carboxylic acids is 2. The summed E-state index contributed by atoms with van der Waals surface area (Å²) in [4.78, 5) is 24.4. The maximum atomic E-state index is 12.3. The van der Waals surface area contributed by atoms with Gasteiger partial charge in [-0.3, -0.25) is 4.79 Å². The van der Waals surface area contributed by atoms with Crippen LogP contribution in [0.3, 0.4) is 0 Å². The minimum Gasteiger partial charge on any atom is -0.465 e. The molecule has 6 heteroatoms. The zero-order valence-corrected chi connectivity index (χ0v) is 16.9. The number of rotatable bonds is 5. The van der Waals surface area contributed by atoms with Gasteiger partial charge < -0.3 is 9.30 Å². The minimum atomic E-state index is -0.395. The second kappa shape index (κ2) is 8.56. The lowest BCUT2D eigenvalue weighted by Crippen LogP contribution is -2.18. The number of carbonyl (C=O) groups is 2. The first-order chi connectivity index (χ1) is 13.9. The fourth-order valence-electron chi connectivity index (χ4n) is 3.29. The summed E-state index contributed by atoms with van der Waals surface area (Å²) in [6, 6.07) is 16.6. The molecule has 0 saturated heterocycles. The molecule has 0 aliphatic heterocycles. The maximum Gasteiger partial charge on any atom is 0.339 e. The van der Waals surface area contributed by atoms with Gasteiger partial charge in [0.05, 0.1) is 24.6 Å². The number of hydrogen-bond acceptors (Lipinski definition) is 4. The lowest BCUT2D eigenvalue weighted by atomic mass is 10.1. The topological polar surface area (TPSA) is 72.7 Å². The van der Waals surface area contributed by atoms with Crippen LogP contribution in [0.25, 0.3) is 5.69 Å². The Labute approximate surface area is 169 Å². The Hall–Kier alpha value is -3.67. The van der Waals surface area contributed by atoms with Crippen LogP contribution in [0.1, 0.15) is 43.2 Å². The Balaban J connectivity index is 1.88. The molecule has 0 spiro atoms. The third-order valence-electron chi connectivity index (χ3n) is 4.78. The molecular weight excluding hydrogens is 366 g/mol. The van der Waals surface area contributed by atoms with Gasteiger partial charge in [-0.25, -0.2) is 10.2 Å². The van der Waals surface area contributed by atoms with Crippen LogP contribution in [0.5, 0.6) is 0 Å². The number of hydrazone groups is 1. The molecule has 3 rings (SSSR count). The molecule has 0 radical (unpaired) electrons. The standard InChI is InChI=1S/C23H23N3O3/c1-15-9-5-6-10-19(15)22(27)25-24-14-18-13-16(2)26(17(18)3)21-12-8-7-11-20(21)23(28)29-4/h5-14H,1-4H3,(H,25,27)/b24-14-. The van der Waals surface area contributed by atoms with Crippen molar-refractivity contribution in [3.8, 4) is 5.69 Å². The minimum absolute atomic E-state index is 0.260. The van der Waals surface area contributed by atoms with Crippen LogP contribution in [0.15, 0.2) is 59.7 Å². The second-order valence-electron chi connectivity index (χ2n) is 6.68. The van der Waals surface area contributed by atoms with Gasteiger partial charge in [0.1, 0.15) is 0 Å². The molecule has 29 heavy (non-hydrogen) atoms. The molecule has 0 unspecified atom stereocenters. The molecule has 1 heterocycles. The summed E-state index contributed by atoms with van der Waals surface area (Å²) >= 11 is 0. The molecule has 0 saturated carbocycles. The maximum absolute atomic E-state index is 12.3. The number of para-hydroxylation sites is 1. The van der Waals surface area contributed by atoms with Crippen molar-refractivity contribution < 1.29 is 14.3 Å². The van der Waals surface area contributed by atoms with Crippen LogP contribution in [0, 0.1) is 20.8 Å². The number of amides is 1. The van der Waals surface area contributed by atoms with Gasteiger partial charge in [-0.1, -0.05) is 30.3 Å². The number of hydrogen-bond donors (Lipinski definition) is 1. The molecule has 0 aliphatic carbocycles. The molecule has 0 aliphatic rings. The van der Waals surface area contributed by atoms with E-state index in [-0.39, 0.29) is 5.91 Å². The Morgan fingerprint density at radius 1 is 1.00 bits per heavy atom. The highest BCUT2D eigenvalue weighted by atomic mass is 16.5. The van der Waals surface area contributed by atoms with Gasteiger partial charge in [-0.15, -0.1) is 0 Å². The number of nitrogens with one attached hydrogen (secondary N) is 1. The average molecular weight is 389 g/mol. The van der Waals surface area contributed by atoms with Crippen LogP contribution < -0.4 is 5.43 Å². The molecule has 1 N–H and O–H groups in total. The fourth-order valence-corrected chi connectivity index (χ4v) is 3.29. The Morgan fingerprint density at radius 2 is 1.66 bits per heavy atom. The predicted molar refractivity (Wildman–Crippen MR) is 113 cm³/mol. The van der Waals surface area contributed by atoms with E-state index in [1.807, 2.05) is 61.7 Å². The SMILES string of the molecule is COC(=O)c1ccccc1-n1c(C)cc(/C=N\NC(=O)c2ccccc2C)c1C. The van der Waals surface area contributed by atoms with E-state index in [0.29, 0.717) is 11.1 Å². The molecule has 148 valence electrons. The van der Waals surface area contributed by atoms with Gasteiger partial charge in [0.2, 0.25) is 0 Å². The van der Waals surface area contributed by atoms with E-state index >= 15 is 0 Å². The number of ether oxygens (including phenoxy) is 1. The van der Waals surface area contributed by atoms with Crippen LogP contribution in [-0.2, 0) is 4.74 Å². The van der Waals surface area contributed by atoms with E-state index in [2.05, 4.69) is 10.5 Å². The third kappa shape index (κ3) is 4.11. The van der Waals surface area contributed by atoms with Crippen molar-refractivity contribution in [2.75, 3.05) is 7.11 Å². The zero-order valence-electron chi connectivity index (χ0n) is 16.9. The van der Waals surface area contributed by atoms with Gasteiger partial charge in [-0.2, -0.15) is 5.10 Å². The molecule has 3 aromatic rings. The summed E-state index contributed by atoms with van der Waals surface area (Å²) in [5.74, 6) is -0.655. The van der Waals surface area contributed by atoms with Crippen molar-refractivity contribution >= 4 is 18.1 Å². The largest absolute Gasteiger partial charge is 0.465 e. The lowest BCUT2D eigenvalue weighted by molar-refractivity contribution is 0.0600. The number of nitrogens with zero attached hydrogens (tertiary/aromatic N) is 2. The van der Waals surface area contributed by atoms with Crippen LogP contribution >= 0.6 is 0 Å². The van der Waals surface area contributed by atoms with Crippen molar-refractivity contribution in [1.82, 2.24) is 9.99 Å². The monoisotopic (exact) mass is 389 g/mol. The van der Waals surface area contributed by atoms with E-state index in [0.717, 1.165) is 28.2 Å². The van der Waals surface area contributed by atoms with Gasteiger partial charge in [0.15, 0.2) is 0 Å². The molecule has 1 amide bonds. The quantitative estimate of drug-likeness (QED) is 0.408. The third-order valence-corrected chi connectivity index (χ3v) is 4.78. The van der Waals surface area contributed by atoms with Crippen LogP contribution in [0.2, 0.25) is 0 Å². The molecule has 1 aromatic heterocycles. The smallest absolute Gasteiger partial charge is 0.339 e. The van der Waals surface area contributed by atoms with Crippen molar-refractivity contribution in [2.24, 2.45) is 5.10 Å². The first-order valence-corrected chi connectivity index (χ1v) is 9.19. The number of aryl methyl sites for hydroxylation is 2. The highest BCUT2D eigenvalue weighted by Gasteiger charge is 2.17. The van der Waals surface area contributed by atoms with Crippen molar-refractivity contribution in [2.45, 2.75) is 20.8 Å². The van der Waals surface area contributed by atoms with Crippen molar-refractivity contribution in [3.05, 3.63) is 88.2 Å². The lowest BCUT2D eigenvalue weighted by Gasteiger charge is -2.13.